The van der Waals surface area contributed by atoms with Gasteiger partial charge in [-0.15, -0.1) is 0 Å². The number of primary amides is 1. The normalized spacial score (nSPS) is 10.2. The minimum absolute atomic E-state index is 0.111. The van der Waals surface area contributed by atoms with Gasteiger partial charge in [0.05, 0.1) is 23.1 Å². The molecule has 0 aliphatic carbocycles. The second-order valence-corrected chi connectivity index (χ2v) is 4.21. The fourth-order valence-electron chi connectivity index (χ4n) is 1.48. The first-order valence-electron chi connectivity index (χ1n) is 5.25. The number of hydrogen-bond acceptors (Lipinski definition) is 4. The van der Waals surface area contributed by atoms with Crippen LogP contribution in [0.25, 0.3) is 0 Å². The number of nitrogens with one attached hydrogen (secondary N) is 1. The van der Waals surface area contributed by atoms with Crippen LogP contribution < -0.4 is 16.8 Å². The van der Waals surface area contributed by atoms with E-state index in [9.17, 15) is 9.18 Å². The summed E-state index contributed by atoms with van der Waals surface area (Å²) in [6, 6.07) is 5.39. The number of pyridine rings is 1. The molecule has 5 nitrogen and oxygen atoms in total. The van der Waals surface area contributed by atoms with Crippen LogP contribution in [0, 0.1) is 5.82 Å². The molecule has 0 unspecified atom stereocenters. The number of nitrogens with zero attached hydrogens (tertiary/aromatic N) is 1. The van der Waals surface area contributed by atoms with Gasteiger partial charge in [-0.3, -0.25) is 4.79 Å². The summed E-state index contributed by atoms with van der Waals surface area (Å²) in [7, 11) is 0. The monoisotopic (exact) mass is 280 g/mol. The van der Waals surface area contributed by atoms with Crippen LogP contribution in [0.2, 0.25) is 5.02 Å². The quantitative estimate of drug-likeness (QED) is 0.804. The predicted molar refractivity (Wildman–Crippen MR) is 71.9 cm³/mol. The Morgan fingerprint density at radius 2 is 2.11 bits per heavy atom. The predicted octanol–water partition coefficient (Wildman–Crippen LogP) is 2.30. The van der Waals surface area contributed by atoms with Crippen molar-refractivity contribution in [2.24, 2.45) is 5.73 Å². The molecule has 0 radical (unpaired) electrons. The number of amides is 1. The molecule has 0 aliphatic heterocycles. The van der Waals surface area contributed by atoms with Crippen molar-refractivity contribution >= 4 is 34.7 Å². The highest BCUT2D eigenvalue weighted by Crippen LogP contribution is 2.24. The molecule has 0 spiro atoms. The molecule has 0 aliphatic rings. The van der Waals surface area contributed by atoms with Crippen LogP contribution in [0.1, 0.15) is 10.4 Å². The molecule has 19 heavy (non-hydrogen) atoms. The van der Waals surface area contributed by atoms with Gasteiger partial charge in [-0.25, -0.2) is 9.37 Å². The second kappa shape index (κ2) is 5.11. The van der Waals surface area contributed by atoms with E-state index in [4.69, 9.17) is 23.1 Å². The third-order valence-electron chi connectivity index (χ3n) is 2.39. The third-order valence-corrected chi connectivity index (χ3v) is 2.63. The highest BCUT2D eigenvalue weighted by atomic mass is 35.5. The highest BCUT2D eigenvalue weighted by molar-refractivity contribution is 6.30. The average Bonchev–Trinajstić information content (AvgIpc) is 2.36. The van der Waals surface area contributed by atoms with E-state index in [0.29, 0.717) is 5.02 Å². The number of aromatic nitrogens is 1. The lowest BCUT2D eigenvalue weighted by atomic mass is 10.2. The maximum atomic E-state index is 13.5. The summed E-state index contributed by atoms with van der Waals surface area (Å²) in [6.45, 7) is 0. The number of carbonyl (C=O) groups excluding carboxylic acids is 1. The zero-order chi connectivity index (χ0) is 14.0. The SMILES string of the molecule is NC(=O)c1cc(Nc2cc(Cl)ccc2F)ncc1N. The fourth-order valence-corrected chi connectivity index (χ4v) is 1.65. The molecule has 1 amide bonds. The topological polar surface area (TPSA) is 94.0 Å². The van der Waals surface area contributed by atoms with E-state index in [2.05, 4.69) is 10.3 Å². The number of anilines is 3. The lowest BCUT2D eigenvalue weighted by Crippen LogP contribution is -2.14. The number of nitrogens with two attached hydrogens (primary N) is 2. The van der Waals surface area contributed by atoms with Crippen LogP contribution in [0.15, 0.2) is 30.5 Å². The molecule has 0 saturated carbocycles. The largest absolute Gasteiger partial charge is 0.397 e. The van der Waals surface area contributed by atoms with Gasteiger partial charge in [0, 0.05) is 5.02 Å². The summed E-state index contributed by atoms with van der Waals surface area (Å²) in [5.41, 5.74) is 11.1. The molecule has 0 saturated heterocycles. The molecule has 0 bridgehead atoms. The zero-order valence-electron chi connectivity index (χ0n) is 9.65. The maximum Gasteiger partial charge on any atom is 0.250 e. The van der Waals surface area contributed by atoms with Gasteiger partial charge in [0.1, 0.15) is 11.6 Å². The van der Waals surface area contributed by atoms with Crippen molar-refractivity contribution in [3.05, 3.63) is 46.9 Å². The standard InChI is InChI=1S/C12H10ClFN4O/c13-6-1-2-8(14)10(3-6)18-11-4-7(12(16)19)9(15)5-17-11/h1-5H,15H2,(H2,16,19)(H,17,18). The Bertz CT molecular complexity index is 648. The summed E-state index contributed by atoms with van der Waals surface area (Å²) in [4.78, 5) is 15.1. The number of benzene rings is 1. The smallest absolute Gasteiger partial charge is 0.250 e. The van der Waals surface area contributed by atoms with Gasteiger partial charge in [0.2, 0.25) is 0 Å². The molecule has 7 heteroatoms. The zero-order valence-corrected chi connectivity index (χ0v) is 10.4. The molecular weight excluding hydrogens is 271 g/mol. The first-order chi connectivity index (χ1) is 8.97. The van der Waals surface area contributed by atoms with Crippen molar-refractivity contribution in [1.29, 1.82) is 0 Å². The van der Waals surface area contributed by atoms with Crippen LogP contribution in [0.4, 0.5) is 21.6 Å². The Kier molecular flexibility index (Phi) is 3.52. The average molecular weight is 281 g/mol. The number of nitrogen functional groups attached to an aromatic ring is 1. The Hall–Kier alpha value is -2.34. The molecule has 2 rings (SSSR count). The summed E-state index contributed by atoms with van der Waals surface area (Å²) in [6.07, 6.45) is 1.27. The molecule has 0 fully saturated rings. The van der Waals surface area contributed by atoms with Crippen LogP contribution in [-0.4, -0.2) is 10.9 Å². The van der Waals surface area contributed by atoms with Crippen molar-refractivity contribution in [3.63, 3.8) is 0 Å². The third kappa shape index (κ3) is 2.92. The summed E-state index contributed by atoms with van der Waals surface area (Å²) >= 11 is 5.77. The van der Waals surface area contributed by atoms with Crippen molar-refractivity contribution in [1.82, 2.24) is 4.98 Å². The van der Waals surface area contributed by atoms with E-state index in [1.807, 2.05) is 0 Å². The van der Waals surface area contributed by atoms with Gasteiger partial charge in [-0.1, -0.05) is 11.6 Å². The van der Waals surface area contributed by atoms with E-state index in [-0.39, 0.29) is 22.8 Å². The van der Waals surface area contributed by atoms with Crippen molar-refractivity contribution in [3.8, 4) is 0 Å². The Balaban J connectivity index is 2.36. The van der Waals surface area contributed by atoms with E-state index in [0.717, 1.165) is 0 Å². The van der Waals surface area contributed by atoms with Gasteiger partial charge in [-0.05, 0) is 24.3 Å². The molecule has 2 aromatic rings. The van der Waals surface area contributed by atoms with Crippen LogP contribution in [-0.2, 0) is 0 Å². The summed E-state index contributed by atoms with van der Waals surface area (Å²) in [5.74, 6) is -0.942. The van der Waals surface area contributed by atoms with E-state index >= 15 is 0 Å². The van der Waals surface area contributed by atoms with Crippen LogP contribution in [0.3, 0.4) is 0 Å². The lowest BCUT2D eigenvalue weighted by molar-refractivity contribution is 0.100. The number of carbonyl (C=O) groups is 1. The molecule has 1 aromatic heterocycles. The molecule has 1 aromatic carbocycles. The number of rotatable bonds is 3. The van der Waals surface area contributed by atoms with Crippen molar-refractivity contribution < 1.29 is 9.18 Å². The van der Waals surface area contributed by atoms with E-state index in [1.165, 1.54) is 30.5 Å². The minimum atomic E-state index is -0.686. The van der Waals surface area contributed by atoms with Gasteiger partial charge in [-0.2, -0.15) is 0 Å². The van der Waals surface area contributed by atoms with Gasteiger partial charge >= 0.3 is 0 Å². The van der Waals surface area contributed by atoms with Crippen molar-refractivity contribution in [2.45, 2.75) is 0 Å². The maximum absolute atomic E-state index is 13.5. The van der Waals surface area contributed by atoms with Crippen LogP contribution in [0.5, 0.6) is 0 Å². The van der Waals surface area contributed by atoms with Crippen molar-refractivity contribution in [2.75, 3.05) is 11.1 Å². The van der Waals surface area contributed by atoms with Gasteiger partial charge < -0.3 is 16.8 Å². The fraction of sp³-hybridized carbons (Fsp3) is 0. The second-order valence-electron chi connectivity index (χ2n) is 3.77. The summed E-state index contributed by atoms with van der Waals surface area (Å²) in [5, 5.41) is 3.07. The number of halogens is 2. The molecule has 98 valence electrons. The Labute approximate surface area is 113 Å². The first-order valence-corrected chi connectivity index (χ1v) is 5.62. The number of hydrogen-bond donors (Lipinski definition) is 3. The first kappa shape index (κ1) is 13.1. The minimum Gasteiger partial charge on any atom is -0.397 e. The van der Waals surface area contributed by atoms with Gasteiger partial charge in [0.25, 0.3) is 5.91 Å². The van der Waals surface area contributed by atoms with Gasteiger partial charge in [0.15, 0.2) is 0 Å². The Morgan fingerprint density at radius 1 is 1.37 bits per heavy atom. The molecule has 0 atom stereocenters. The van der Waals surface area contributed by atoms with Crippen LogP contribution >= 0.6 is 11.6 Å². The molecular formula is C12H10ClFN4O. The van der Waals surface area contributed by atoms with E-state index < -0.39 is 11.7 Å². The molecule has 5 N–H and O–H groups in total. The Morgan fingerprint density at radius 3 is 2.79 bits per heavy atom. The highest BCUT2D eigenvalue weighted by Gasteiger charge is 2.09. The van der Waals surface area contributed by atoms with E-state index in [1.54, 1.807) is 0 Å². The lowest BCUT2D eigenvalue weighted by Gasteiger charge is -2.09. The summed E-state index contributed by atoms with van der Waals surface area (Å²) < 4.78 is 13.5. The molecule has 1 heterocycles.